The topological polar surface area (TPSA) is 146 Å². The highest BCUT2D eigenvalue weighted by Crippen LogP contribution is 2.35. The Kier molecular flexibility index (Phi) is 5.63. The summed E-state index contributed by atoms with van der Waals surface area (Å²) in [5, 5.41) is 18.9. The Balaban J connectivity index is 2.74. The molecule has 5 N–H and O–H groups in total. The number of nitrogens with one attached hydrogen (secondary N) is 1. The smallest absolute Gasteiger partial charge is 0.342 e. The molecule has 0 saturated carbocycles. The van der Waals surface area contributed by atoms with Crippen LogP contribution in [0.25, 0.3) is 11.1 Å². The molecular formula is C17H19N3O6. The Morgan fingerprint density at radius 1 is 1.15 bits per heavy atom. The summed E-state index contributed by atoms with van der Waals surface area (Å²) < 4.78 is 5.67. The fourth-order valence-corrected chi connectivity index (χ4v) is 2.45. The number of carbonyl (C=O) groups is 2. The molecule has 1 aromatic heterocycles. The van der Waals surface area contributed by atoms with Crippen LogP contribution in [0.2, 0.25) is 0 Å². The van der Waals surface area contributed by atoms with Crippen molar-refractivity contribution in [3.8, 4) is 16.9 Å². The lowest BCUT2D eigenvalue weighted by molar-refractivity contribution is 0.0695. The van der Waals surface area contributed by atoms with Crippen LogP contribution in [0.4, 0.5) is 5.82 Å². The molecule has 9 nitrogen and oxygen atoms in total. The van der Waals surface area contributed by atoms with E-state index in [9.17, 15) is 24.6 Å². The molecule has 2 aromatic rings. The van der Waals surface area contributed by atoms with Crippen molar-refractivity contribution in [2.45, 2.75) is 0 Å². The second-order valence-electron chi connectivity index (χ2n) is 5.75. The second-order valence-corrected chi connectivity index (χ2v) is 5.75. The number of likely N-dealkylation sites (N-methyl/N-ethyl adjacent to an activating group) is 1. The standard InChI is InChI=1S/C17H19N3O6/c1-20(2)7-8-26-10-6-4-3-5-9(10)11-12(16(22)23)14(18)19-15(21)13(11)17(24)25/h3-6H,7-8H2,1-2H3,(H,22,23)(H,24,25)(H3,18,19,21). The third-order valence-corrected chi connectivity index (χ3v) is 3.62. The van der Waals surface area contributed by atoms with Crippen LogP contribution in [-0.2, 0) is 0 Å². The largest absolute Gasteiger partial charge is 0.492 e. The highest BCUT2D eigenvalue weighted by molar-refractivity contribution is 6.08. The van der Waals surface area contributed by atoms with Crippen LogP contribution in [-0.4, -0.2) is 59.3 Å². The van der Waals surface area contributed by atoms with Gasteiger partial charge in [0, 0.05) is 17.7 Å². The number of carboxylic acids is 2. The number of benzene rings is 1. The number of nitrogens with two attached hydrogens (primary N) is 1. The predicted molar refractivity (Wildman–Crippen MR) is 94.9 cm³/mol. The molecule has 0 aliphatic carbocycles. The normalized spacial score (nSPS) is 10.7. The van der Waals surface area contributed by atoms with Gasteiger partial charge >= 0.3 is 11.9 Å². The van der Waals surface area contributed by atoms with E-state index in [1.54, 1.807) is 18.2 Å². The summed E-state index contributed by atoms with van der Waals surface area (Å²) in [6.45, 7) is 0.872. The van der Waals surface area contributed by atoms with Gasteiger partial charge in [-0.1, -0.05) is 18.2 Å². The first-order valence-corrected chi connectivity index (χ1v) is 7.63. The van der Waals surface area contributed by atoms with Gasteiger partial charge in [-0.25, -0.2) is 9.59 Å². The Morgan fingerprint density at radius 3 is 2.35 bits per heavy atom. The SMILES string of the molecule is CN(C)CCOc1ccccc1-c1c(C(=O)O)c(N)[nH]c(=O)c1C(=O)O. The molecule has 26 heavy (non-hydrogen) atoms. The lowest BCUT2D eigenvalue weighted by Gasteiger charge is -2.17. The fraction of sp³-hybridized carbons (Fsp3) is 0.235. The van der Waals surface area contributed by atoms with Gasteiger partial charge in [0.1, 0.15) is 29.3 Å². The van der Waals surface area contributed by atoms with Gasteiger partial charge in [-0.05, 0) is 20.2 Å². The van der Waals surface area contributed by atoms with Crippen LogP contribution in [0.5, 0.6) is 5.75 Å². The van der Waals surface area contributed by atoms with E-state index >= 15 is 0 Å². The predicted octanol–water partition coefficient (Wildman–Crippen LogP) is 0.961. The molecular weight excluding hydrogens is 342 g/mol. The van der Waals surface area contributed by atoms with Gasteiger partial charge in [0.25, 0.3) is 5.56 Å². The van der Waals surface area contributed by atoms with E-state index in [-0.39, 0.29) is 23.5 Å². The van der Waals surface area contributed by atoms with Gasteiger partial charge in [0.15, 0.2) is 0 Å². The highest BCUT2D eigenvalue weighted by atomic mass is 16.5. The number of hydrogen-bond acceptors (Lipinski definition) is 6. The number of hydrogen-bond donors (Lipinski definition) is 4. The van der Waals surface area contributed by atoms with Crippen LogP contribution in [0, 0.1) is 0 Å². The number of ether oxygens (including phenoxy) is 1. The number of anilines is 1. The number of aromatic amines is 1. The van der Waals surface area contributed by atoms with Gasteiger partial charge in [-0.2, -0.15) is 0 Å². The van der Waals surface area contributed by atoms with E-state index < -0.39 is 34.4 Å². The van der Waals surface area contributed by atoms with E-state index in [0.717, 1.165) is 0 Å². The molecule has 0 bridgehead atoms. The summed E-state index contributed by atoms with van der Waals surface area (Å²) in [7, 11) is 3.72. The van der Waals surface area contributed by atoms with Gasteiger partial charge in [0.2, 0.25) is 0 Å². The minimum Gasteiger partial charge on any atom is -0.492 e. The van der Waals surface area contributed by atoms with Crippen molar-refractivity contribution in [3.05, 3.63) is 45.7 Å². The maximum absolute atomic E-state index is 12.1. The molecule has 0 atom stereocenters. The van der Waals surface area contributed by atoms with Gasteiger partial charge in [-0.15, -0.1) is 0 Å². The summed E-state index contributed by atoms with van der Waals surface area (Å²) in [6.07, 6.45) is 0. The van der Waals surface area contributed by atoms with Gasteiger partial charge in [0.05, 0.1) is 0 Å². The Hall–Kier alpha value is -3.33. The first-order chi connectivity index (χ1) is 12.2. The van der Waals surface area contributed by atoms with E-state index in [1.165, 1.54) is 6.07 Å². The van der Waals surface area contributed by atoms with E-state index in [4.69, 9.17) is 10.5 Å². The molecule has 138 valence electrons. The van der Waals surface area contributed by atoms with Gasteiger partial charge in [-0.3, -0.25) is 4.79 Å². The number of aromatic carboxylic acids is 2. The zero-order valence-corrected chi connectivity index (χ0v) is 14.3. The minimum absolute atomic E-state index is 0.166. The maximum Gasteiger partial charge on any atom is 0.342 e. The van der Waals surface area contributed by atoms with Crippen molar-refractivity contribution in [2.24, 2.45) is 0 Å². The van der Waals surface area contributed by atoms with Crippen molar-refractivity contribution in [1.29, 1.82) is 0 Å². The van der Waals surface area contributed by atoms with Crippen LogP contribution in [0.3, 0.4) is 0 Å². The number of nitrogen functional groups attached to an aromatic ring is 1. The zero-order chi connectivity index (χ0) is 19.4. The van der Waals surface area contributed by atoms with Crippen molar-refractivity contribution >= 4 is 17.8 Å². The lowest BCUT2D eigenvalue weighted by atomic mass is 9.94. The van der Waals surface area contributed by atoms with E-state index in [0.29, 0.717) is 6.54 Å². The number of H-pyrrole nitrogens is 1. The molecule has 0 unspecified atom stereocenters. The van der Waals surface area contributed by atoms with E-state index in [2.05, 4.69) is 4.98 Å². The number of para-hydroxylation sites is 1. The molecule has 0 spiro atoms. The molecule has 0 saturated heterocycles. The van der Waals surface area contributed by atoms with Crippen LogP contribution < -0.4 is 16.0 Å². The molecule has 1 heterocycles. The molecule has 2 rings (SSSR count). The fourth-order valence-electron chi connectivity index (χ4n) is 2.45. The monoisotopic (exact) mass is 361 g/mol. The summed E-state index contributed by atoms with van der Waals surface area (Å²) in [5.41, 5.74) is 3.33. The number of aromatic nitrogens is 1. The summed E-state index contributed by atoms with van der Waals surface area (Å²) in [5.74, 6) is -3.19. The minimum atomic E-state index is -1.56. The van der Waals surface area contributed by atoms with Gasteiger partial charge < -0.3 is 30.6 Å². The Morgan fingerprint density at radius 2 is 1.77 bits per heavy atom. The Labute approximate surface area is 148 Å². The third-order valence-electron chi connectivity index (χ3n) is 3.62. The Bertz CT molecular complexity index is 904. The van der Waals surface area contributed by atoms with Crippen molar-refractivity contribution in [1.82, 2.24) is 9.88 Å². The maximum atomic E-state index is 12.1. The number of nitrogens with zero attached hydrogens (tertiary/aromatic N) is 1. The quantitative estimate of drug-likeness (QED) is 0.570. The van der Waals surface area contributed by atoms with Crippen LogP contribution >= 0.6 is 0 Å². The lowest BCUT2D eigenvalue weighted by Crippen LogP contribution is -2.24. The van der Waals surface area contributed by atoms with Crippen LogP contribution in [0.15, 0.2) is 29.1 Å². The highest BCUT2D eigenvalue weighted by Gasteiger charge is 2.28. The van der Waals surface area contributed by atoms with Crippen molar-refractivity contribution in [3.63, 3.8) is 0 Å². The zero-order valence-electron chi connectivity index (χ0n) is 14.3. The molecule has 9 heteroatoms. The summed E-state index contributed by atoms with van der Waals surface area (Å²) >= 11 is 0. The summed E-state index contributed by atoms with van der Waals surface area (Å²) in [6, 6.07) is 6.30. The second kappa shape index (κ2) is 7.70. The molecule has 0 aliphatic rings. The molecule has 0 amide bonds. The first kappa shape index (κ1) is 19.0. The number of pyridine rings is 1. The number of carboxylic acid groups (broad SMARTS) is 2. The molecule has 0 radical (unpaired) electrons. The van der Waals surface area contributed by atoms with Crippen molar-refractivity contribution in [2.75, 3.05) is 33.0 Å². The average Bonchev–Trinajstić information content (AvgIpc) is 2.53. The van der Waals surface area contributed by atoms with E-state index in [1.807, 2.05) is 19.0 Å². The summed E-state index contributed by atoms with van der Waals surface area (Å²) in [4.78, 5) is 39.4. The number of rotatable bonds is 7. The molecule has 1 aromatic carbocycles. The molecule has 0 fully saturated rings. The average molecular weight is 361 g/mol. The van der Waals surface area contributed by atoms with Crippen LogP contribution in [0.1, 0.15) is 20.7 Å². The first-order valence-electron chi connectivity index (χ1n) is 7.63. The molecule has 0 aliphatic heterocycles. The third kappa shape index (κ3) is 3.83. The van der Waals surface area contributed by atoms with Crippen molar-refractivity contribution < 1.29 is 24.5 Å².